The van der Waals surface area contributed by atoms with E-state index in [1.54, 1.807) is 19.2 Å². The normalized spacial score (nSPS) is 22.3. The van der Waals surface area contributed by atoms with Crippen LogP contribution in [0.5, 0.6) is 11.5 Å². The molecule has 7 heteroatoms. The molecule has 2 unspecified atom stereocenters. The predicted molar refractivity (Wildman–Crippen MR) is 107 cm³/mol. The molecule has 0 spiro atoms. The van der Waals surface area contributed by atoms with Gasteiger partial charge >= 0.3 is 0 Å². The molecule has 0 aliphatic carbocycles. The number of hydrogen-bond donors (Lipinski definition) is 3. The summed E-state index contributed by atoms with van der Waals surface area (Å²) in [5.74, 6) is 1.21. The minimum absolute atomic E-state index is 0.0811. The Kier molecular flexibility index (Phi) is 5.36. The Labute approximate surface area is 164 Å². The summed E-state index contributed by atoms with van der Waals surface area (Å²) in [5, 5.41) is 9.66. The summed E-state index contributed by atoms with van der Waals surface area (Å²) < 4.78 is 5.29. The Balaban J connectivity index is 1.33. The SMILES string of the molecule is COc1cccc(C2CC(C(=O)N3CCN(c4cccc(O)c4)CC3)NN2)c1. The lowest BCUT2D eigenvalue weighted by atomic mass is 10.0. The number of amides is 1. The second kappa shape index (κ2) is 8.08. The van der Waals surface area contributed by atoms with Gasteiger partial charge in [0.1, 0.15) is 17.5 Å². The van der Waals surface area contributed by atoms with Gasteiger partial charge in [-0.05, 0) is 36.2 Å². The number of aromatic hydroxyl groups is 1. The fourth-order valence-corrected chi connectivity index (χ4v) is 3.89. The van der Waals surface area contributed by atoms with Crippen molar-refractivity contribution in [3.8, 4) is 11.5 Å². The van der Waals surface area contributed by atoms with Crippen molar-refractivity contribution in [3.05, 3.63) is 54.1 Å². The van der Waals surface area contributed by atoms with Gasteiger partial charge in [-0.3, -0.25) is 4.79 Å². The second-order valence-corrected chi connectivity index (χ2v) is 7.24. The lowest BCUT2D eigenvalue weighted by Crippen LogP contribution is -2.53. The van der Waals surface area contributed by atoms with Crippen molar-refractivity contribution in [2.75, 3.05) is 38.2 Å². The number of carbonyl (C=O) groups is 1. The van der Waals surface area contributed by atoms with E-state index < -0.39 is 0 Å². The molecule has 0 radical (unpaired) electrons. The number of hydrogen-bond acceptors (Lipinski definition) is 6. The highest BCUT2D eigenvalue weighted by atomic mass is 16.5. The third-order valence-electron chi connectivity index (χ3n) is 5.48. The fourth-order valence-electron chi connectivity index (χ4n) is 3.89. The van der Waals surface area contributed by atoms with Gasteiger partial charge in [-0.2, -0.15) is 0 Å². The molecule has 2 fully saturated rings. The lowest BCUT2D eigenvalue weighted by Gasteiger charge is -2.37. The van der Waals surface area contributed by atoms with Crippen molar-refractivity contribution in [2.45, 2.75) is 18.5 Å². The van der Waals surface area contributed by atoms with Gasteiger partial charge in [-0.25, -0.2) is 10.9 Å². The van der Waals surface area contributed by atoms with Crippen molar-refractivity contribution in [1.29, 1.82) is 0 Å². The molecule has 2 saturated heterocycles. The van der Waals surface area contributed by atoms with Crippen LogP contribution in [-0.4, -0.2) is 55.2 Å². The van der Waals surface area contributed by atoms with Crippen molar-refractivity contribution >= 4 is 11.6 Å². The largest absolute Gasteiger partial charge is 0.508 e. The van der Waals surface area contributed by atoms with E-state index in [-0.39, 0.29) is 23.7 Å². The summed E-state index contributed by atoms with van der Waals surface area (Å²) in [4.78, 5) is 17.1. The maximum Gasteiger partial charge on any atom is 0.241 e. The standard InChI is InChI=1S/C21H26N4O3/c1-28-18-7-2-4-15(12-18)19-14-20(23-22-19)21(27)25-10-8-24(9-11-25)16-5-3-6-17(26)13-16/h2-7,12-13,19-20,22-23,26H,8-11,14H2,1H3. The lowest BCUT2D eigenvalue weighted by molar-refractivity contribution is -0.133. The van der Waals surface area contributed by atoms with Crippen LogP contribution in [0.15, 0.2) is 48.5 Å². The van der Waals surface area contributed by atoms with Gasteiger partial charge in [-0.1, -0.05) is 18.2 Å². The topological polar surface area (TPSA) is 77.1 Å². The molecule has 7 nitrogen and oxygen atoms in total. The summed E-state index contributed by atoms with van der Waals surface area (Å²) in [6.45, 7) is 2.87. The van der Waals surface area contributed by atoms with Crippen LogP contribution < -0.4 is 20.5 Å². The quantitative estimate of drug-likeness (QED) is 0.747. The van der Waals surface area contributed by atoms with E-state index in [1.165, 1.54) is 0 Å². The van der Waals surface area contributed by atoms with Crippen molar-refractivity contribution < 1.29 is 14.6 Å². The van der Waals surface area contributed by atoms with Crippen LogP contribution in [0, 0.1) is 0 Å². The molecule has 2 aliphatic heterocycles. The van der Waals surface area contributed by atoms with Gasteiger partial charge in [-0.15, -0.1) is 0 Å². The number of phenols is 1. The first-order chi connectivity index (χ1) is 13.6. The number of carbonyl (C=O) groups excluding carboxylic acids is 1. The molecule has 3 N–H and O–H groups in total. The minimum Gasteiger partial charge on any atom is -0.508 e. The van der Waals surface area contributed by atoms with Crippen LogP contribution in [0.4, 0.5) is 5.69 Å². The molecule has 2 aromatic carbocycles. The molecule has 0 bridgehead atoms. The second-order valence-electron chi connectivity index (χ2n) is 7.24. The molecule has 2 heterocycles. The predicted octanol–water partition coefficient (Wildman–Crippen LogP) is 1.66. The number of nitrogens with one attached hydrogen (secondary N) is 2. The van der Waals surface area contributed by atoms with E-state index in [0.717, 1.165) is 30.1 Å². The third-order valence-corrected chi connectivity index (χ3v) is 5.48. The number of benzene rings is 2. The number of nitrogens with zero attached hydrogens (tertiary/aromatic N) is 2. The Bertz CT molecular complexity index is 836. The molecule has 4 rings (SSSR count). The average molecular weight is 382 g/mol. The van der Waals surface area contributed by atoms with Crippen LogP contribution in [0.1, 0.15) is 18.0 Å². The number of methoxy groups -OCH3 is 1. The molecular weight excluding hydrogens is 356 g/mol. The first-order valence-electron chi connectivity index (χ1n) is 9.62. The van der Waals surface area contributed by atoms with Crippen LogP contribution in [0.2, 0.25) is 0 Å². The van der Waals surface area contributed by atoms with Crippen molar-refractivity contribution in [1.82, 2.24) is 15.8 Å². The zero-order valence-corrected chi connectivity index (χ0v) is 16.0. The number of rotatable bonds is 4. The van der Waals surface area contributed by atoms with Gasteiger partial charge in [0.2, 0.25) is 5.91 Å². The maximum atomic E-state index is 12.9. The molecule has 0 aromatic heterocycles. The van der Waals surface area contributed by atoms with Gasteiger partial charge < -0.3 is 19.6 Å². The first-order valence-corrected chi connectivity index (χ1v) is 9.62. The van der Waals surface area contributed by atoms with Gasteiger partial charge in [0, 0.05) is 44.0 Å². The zero-order valence-electron chi connectivity index (χ0n) is 16.0. The Morgan fingerprint density at radius 2 is 1.86 bits per heavy atom. The van der Waals surface area contributed by atoms with Crippen LogP contribution in [-0.2, 0) is 4.79 Å². The van der Waals surface area contributed by atoms with Crippen LogP contribution in [0.3, 0.4) is 0 Å². The summed E-state index contributed by atoms with van der Waals surface area (Å²) in [7, 11) is 1.65. The molecule has 2 aromatic rings. The van der Waals surface area contributed by atoms with E-state index in [2.05, 4.69) is 15.8 Å². The molecule has 0 saturated carbocycles. The third kappa shape index (κ3) is 3.90. The summed E-state index contributed by atoms with van der Waals surface area (Å²) in [5.41, 5.74) is 8.50. The smallest absolute Gasteiger partial charge is 0.241 e. The molecule has 2 atom stereocenters. The van der Waals surface area contributed by atoms with E-state index in [4.69, 9.17) is 4.74 Å². The number of hydrazine groups is 1. The average Bonchev–Trinajstić information content (AvgIpc) is 3.24. The van der Waals surface area contributed by atoms with Crippen molar-refractivity contribution in [3.63, 3.8) is 0 Å². The van der Waals surface area contributed by atoms with E-state index in [0.29, 0.717) is 19.5 Å². The van der Waals surface area contributed by atoms with Crippen LogP contribution >= 0.6 is 0 Å². The van der Waals surface area contributed by atoms with Gasteiger partial charge in [0.05, 0.1) is 7.11 Å². The molecule has 148 valence electrons. The number of piperazine rings is 1. The first kappa shape index (κ1) is 18.6. The maximum absolute atomic E-state index is 12.9. The highest BCUT2D eigenvalue weighted by Crippen LogP contribution is 2.27. The molecule has 2 aliphatic rings. The highest BCUT2D eigenvalue weighted by molar-refractivity contribution is 5.82. The van der Waals surface area contributed by atoms with Gasteiger partial charge in [0.25, 0.3) is 0 Å². The van der Waals surface area contributed by atoms with E-state index in [9.17, 15) is 9.90 Å². The van der Waals surface area contributed by atoms with Crippen LogP contribution in [0.25, 0.3) is 0 Å². The summed E-state index contributed by atoms with van der Waals surface area (Å²) in [6.07, 6.45) is 0.707. The Morgan fingerprint density at radius 3 is 2.61 bits per heavy atom. The molecular formula is C21H26N4O3. The number of anilines is 1. The number of ether oxygens (including phenoxy) is 1. The summed E-state index contributed by atoms with van der Waals surface area (Å²) in [6, 6.07) is 15.0. The monoisotopic (exact) mass is 382 g/mol. The molecule has 28 heavy (non-hydrogen) atoms. The Morgan fingerprint density at radius 1 is 1.07 bits per heavy atom. The highest BCUT2D eigenvalue weighted by Gasteiger charge is 2.34. The number of phenolic OH excluding ortho intramolecular Hbond substituents is 1. The van der Waals surface area contributed by atoms with Crippen molar-refractivity contribution in [2.24, 2.45) is 0 Å². The van der Waals surface area contributed by atoms with E-state index in [1.807, 2.05) is 41.3 Å². The fraction of sp³-hybridized carbons (Fsp3) is 0.381. The molecule has 1 amide bonds. The zero-order chi connectivity index (χ0) is 19.5. The summed E-state index contributed by atoms with van der Waals surface area (Å²) >= 11 is 0. The van der Waals surface area contributed by atoms with E-state index >= 15 is 0 Å². The van der Waals surface area contributed by atoms with Gasteiger partial charge in [0.15, 0.2) is 0 Å². The Hall–Kier alpha value is -2.77. The minimum atomic E-state index is -0.233.